The summed E-state index contributed by atoms with van der Waals surface area (Å²) >= 11 is 0. The largest absolute Gasteiger partial charge is 0.488 e. The van der Waals surface area contributed by atoms with E-state index in [1.54, 1.807) is 6.08 Å². The van der Waals surface area contributed by atoms with Crippen molar-refractivity contribution >= 4 is 11.9 Å². The lowest BCUT2D eigenvalue weighted by Gasteiger charge is -2.15. The predicted octanol–water partition coefficient (Wildman–Crippen LogP) is 4.46. The second-order valence-corrected chi connectivity index (χ2v) is 5.29. The molecule has 110 valence electrons. The molecule has 2 aromatic rings. The number of carbonyl (C=O) groups is 1. The van der Waals surface area contributed by atoms with Gasteiger partial charge in [-0.2, -0.15) is 0 Å². The molecule has 22 heavy (non-hydrogen) atoms. The van der Waals surface area contributed by atoms with Crippen molar-refractivity contribution in [2.45, 2.75) is 13.3 Å². The molecule has 2 aromatic carbocycles. The fraction of sp³-hybridized carbons (Fsp3) is 0.150. The van der Waals surface area contributed by atoms with Crippen LogP contribution in [0, 0.1) is 0 Å². The number of hydrogen-bond donors (Lipinski definition) is 0. The van der Waals surface area contributed by atoms with Crippen LogP contribution in [0.25, 0.3) is 6.08 Å². The molecule has 2 heteroatoms. The SMILES string of the molecule is CCc1ccc(C(=O)/C=C/C2=Cc3ccccc3OC2)cc1. The number of allylic oxidation sites excluding steroid dienone is 1. The Morgan fingerprint density at radius 1 is 1.14 bits per heavy atom. The molecule has 0 saturated heterocycles. The number of benzene rings is 2. The van der Waals surface area contributed by atoms with E-state index in [0.29, 0.717) is 12.2 Å². The number of para-hydroxylation sites is 1. The zero-order valence-corrected chi connectivity index (χ0v) is 12.6. The van der Waals surface area contributed by atoms with Crippen molar-refractivity contribution in [3.8, 4) is 5.75 Å². The Balaban J connectivity index is 1.74. The highest BCUT2D eigenvalue weighted by atomic mass is 16.5. The molecule has 0 fully saturated rings. The molecule has 0 radical (unpaired) electrons. The quantitative estimate of drug-likeness (QED) is 0.613. The van der Waals surface area contributed by atoms with Crippen molar-refractivity contribution < 1.29 is 9.53 Å². The van der Waals surface area contributed by atoms with Crippen LogP contribution in [0.3, 0.4) is 0 Å². The minimum atomic E-state index is 0.0161. The Hall–Kier alpha value is -2.61. The lowest BCUT2D eigenvalue weighted by Crippen LogP contribution is -2.06. The standard InChI is InChI=1S/C20H18O2/c1-2-15-7-10-17(11-8-15)19(21)12-9-16-13-18-5-3-4-6-20(18)22-14-16/h3-13H,2,14H2,1H3/b12-9+. The molecule has 0 bridgehead atoms. The van der Waals surface area contributed by atoms with Crippen molar-refractivity contribution in [1.29, 1.82) is 0 Å². The fourth-order valence-corrected chi connectivity index (χ4v) is 2.41. The Morgan fingerprint density at radius 2 is 1.91 bits per heavy atom. The molecule has 1 aliphatic heterocycles. The Morgan fingerprint density at radius 3 is 2.68 bits per heavy atom. The topological polar surface area (TPSA) is 26.3 Å². The molecular formula is C20H18O2. The molecule has 0 aliphatic carbocycles. The van der Waals surface area contributed by atoms with E-state index < -0.39 is 0 Å². The van der Waals surface area contributed by atoms with E-state index in [2.05, 4.69) is 13.0 Å². The van der Waals surface area contributed by atoms with Crippen molar-refractivity contribution in [3.63, 3.8) is 0 Å². The van der Waals surface area contributed by atoms with Crippen LogP contribution in [0.5, 0.6) is 5.75 Å². The molecule has 0 aromatic heterocycles. The van der Waals surface area contributed by atoms with Crippen LogP contribution in [0.2, 0.25) is 0 Å². The first-order valence-electron chi connectivity index (χ1n) is 7.50. The Labute approximate surface area is 130 Å². The third-order valence-corrected chi connectivity index (χ3v) is 3.75. The molecule has 0 atom stereocenters. The van der Waals surface area contributed by atoms with E-state index in [0.717, 1.165) is 23.3 Å². The third kappa shape index (κ3) is 3.17. The van der Waals surface area contributed by atoms with Crippen LogP contribution in [0.15, 0.2) is 66.3 Å². The normalized spacial score (nSPS) is 13.4. The van der Waals surface area contributed by atoms with Crippen molar-refractivity contribution in [3.05, 3.63) is 82.9 Å². The molecule has 0 saturated carbocycles. The summed E-state index contributed by atoms with van der Waals surface area (Å²) in [5.41, 5.74) is 4.00. The Kier molecular flexibility index (Phi) is 4.19. The molecule has 3 rings (SSSR count). The fourth-order valence-electron chi connectivity index (χ4n) is 2.41. The molecule has 0 N–H and O–H groups in total. The minimum Gasteiger partial charge on any atom is -0.488 e. The van der Waals surface area contributed by atoms with Crippen LogP contribution in [0.1, 0.15) is 28.4 Å². The van der Waals surface area contributed by atoms with E-state index in [4.69, 9.17) is 4.74 Å². The van der Waals surface area contributed by atoms with Gasteiger partial charge in [0.1, 0.15) is 12.4 Å². The average Bonchev–Trinajstić information content (AvgIpc) is 2.59. The number of hydrogen-bond acceptors (Lipinski definition) is 2. The van der Waals surface area contributed by atoms with Crippen LogP contribution in [0.4, 0.5) is 0 Å². The van der Waals surface area contributed by atoms with Gasteiger partial charge in [0.05, 0.1) is 0 Å². The smallest absolute Gasteiger partial charge is 0.185 e. The van der Waals surface area contributed by atoms with Gasteiger partial charge in [0.15, 0.2) is 5.78 Å². The second kappa shape index (κ2) is 6.44. The van der Waals surface area contributed by atoms with E-state index in [9.17, 15) is 4.79 Å². The zero-order valence-electron chi connectivity index (χ0n) is 12.6. The summed E-state index contributed by atoms with van der Waals surface area (Å²) in [6.07, 6.45) is 6.49. The van der Waals surface area contributed by atoms with Crippen molar-refractivity contribution in [1.82, 2.24) is 0 Å². The zero-order chi connectivity index (χ0) is 15.4. The highest BCUT2D eigenvalue weighted by Crippen LogP contribution is 2.26. The molecule has 1 aliphatic rings. The number of carbonyl (C=O) groups excluding carboxylic acids is 1. The van der Waals surface area contributed by atoms with Gasteiger partial charge in [-0.1, -0.05) is 55.5 Å². The van der Waals surface area contributed by atoms with Gasteiger partial charge in [-0.3, -0.25) is 4.79 Å². The third-order valence-electron chi connectivity index (χ3n) is 3.75. The lowest BCUT2D eigenvalue weighted by atomic mass is 10.0. The number of aryl methyl sites for hydroxylation is 1. The van der Waals surface area contributed by atoms with E-state index >= 15 is 0 Å². The van der Waals surface area contributed by atoms with Crippen LogP contribution < -0.4 is 4.74 Å². The summed E-state index contributed by atoms with van der Waals surface area (Å²) in [5, 5.41) is 0. The van der Waals surface area contributed by atoms with Gasteiger partial charge in [0, 0.05) is 11.1 Å². The number of ketones is 1. The summed E-state index contributed by atoms with van der Waals surface area (Å²) in [6, 6.07) is 15.7. The molecule has 0 spiro atoms. The molecule has 1 heterocycles. The van der Waals surface area contributed by atoms with Gasteiger partial charge >= 0.3 is 0 Å². The lowest BCUT2D eigenvalue weighted by molar-refractivity contribution is 0.104. The summed E-state index contributed by atoms with van der Waals surface area (Å²) in [7, 11) is 0. The maximum absolute atomic E-state index is 12.2. The first-order chi connectivity index (χ1) is 10.8. The van der Waals surface area contributed by atoms with E-state index in [1.807, 2.05) is 54.6 Å². The van der Waals surface area contributed by atoms with Crippen LogP contribution >= 0.6 is 0 Å². The Bertz CT molecular complexity index is 737. The molecular weight excluding hydrogens is 272 g/mol. The number of ether oxygens (including phenoxy) is 1. The summed E-state index contributed by atoms with van der Waals surface area (Å²) in [5.74, 6) is 0.906. The minimum absolute atomic E-state index is 0.0161. The van der Waals surface area contributed by atoms with Crippen LogP contribution in [-0.4, -0.2) is 12.4 Å². The first kappa shape index (κ1) is 14.3. The predicted molar refractivity (Wildman–Crippen MR) is 89.2 cm³/mol. The summed E-state index contributed by atoms with van der Waals surface area (Å²) < 4.78 is 5.67. The van der Waals surface area contributed by atoms with E-state index in [1.165, 1.54) is 5.56 Å². The highest BCUT2D eigenvalue weighted by Gasteiger charge is 2.09. The van der Waals surface area contributed by atoms with E-state index in [-0.39, 0.29) is 5.78 Å². The van der Waals surface area contributed by atoms with Gasteiger partial charge in [0.25, 0.3) is 0 Å². The van der Waals surface area contributed by atoms with Gasteiger partial charge in [0.2, 0.25) is 0 Å². The molecule has 0 unspecified atom stereocenters. The number of fused-ring (bicyclic) bond motifs is 1. The number of rotatable bonds is 4. The maximum Gasteiger partial charge on any atom is 0.185 e. The van der Waals surface area contributed by atoms with Crippen LogP contribution in [-0.2, 0) is 6.42 Å². The van der Waals surface area contributed by atoms with Gasteiger partial charge < -0.3 is 4.74 Å². The van der Waals surface area contributed by atoms with Gasteiger partial charge in [-0.05, 0) is 35.8 Å². The molecule has 2 nitrogen and oxygen atoms in total. The average molecular weight is 290 g/mol. The second-order valence-electron chi connectivity index (χ2n) is 5.29. The van der Waals surface area contributed by atoms with Crippen molar-refractivity contribution in [2.75, 3.05) is 6.61 Å². The monoisotopic (exact) mass is 290 g/mol. The van der Waals surface area contributed by atoms with Gasteiger partial charge in [-0.15, -0.1) is 0 Å². The summed E-state index contributed by atoms with van der Waals surface area (Å²) in [6.45, 7) is 2.60. The summed E-state index contributed by atoms with van der Waals surface area (Å²) in [4.78, 5) is 12.2. The molecule has 0 amide bonds. The maximum atomic E-state index is 12.2. The first-order valence-corrected chi connectivity index (χ1v) is 7.50. The van der Waals surface area contributed by atoms with Gasteiger partial charge in [-0.25, -0.2) is 0 Å². The van der Waals surface area contributed by atoms with Crippen molar-refractivity contribution in [2.24, 2.45) is 0 Å². The highest BCUT2D eigenvalue weighted by molar-refractivity contribution is 6.04.